The molecule has 0 unspecified atom stereocenters. The molecule has 0 bridgehead atoms. The maximum Gasteiger partial charge on any atom is 0.394 e. The molecule has 0 aliphatic carbocycles. The van der Waals surface area contributed by atoms with E-state index in [-0.39, 0.29) is 12.4 Å². The van der Waals surface area contributed by atoms with Crippen molar-refractivity contribution in [2.75, 3.05) is 6.54 Å². The number of nitrogens with two attached hydrogens (primary N) is 2. The SMILES string of the molecule is Cl.NCCC[C@H](N)C(=O)O.O=S(=O)(O)O. The second kappa shape index (κ2) is 10.1. The first kappa shape index (κ1) is 20.0. The van der Waals surface area contributed by atoms with E-state index in [0.29, 0.717) is 19.4 Å². The van der Waals surface area contributed by atoms with E-state index in [9.17, 15) is 4.79 Å². The third kappa shape index (κ3) is 31.7. The summed E-state index contributed by atoms with van der Waals surface area (Å²) >= 11 is 0. The molecule has 0 amide bonds. The van der Waals surface area contributed by atoms with Crippen LogP contribution in [0.3, 0.4) is 0 Å². The van der Waals surface area contributed by atoms with Gasteiger partial charge >= 0.3 is 16.4 Å². The highest BCUT2D eigenvalue weighted by Crippen LogP contribution is 1.91. The largest absolute Gasteiger partial charge is 0.480 e. The average molecular weight is 267 g/mol. The van der Waals surface area contributed by atoms with Gasteiger partial charge in [0.25, 0.3) is 0 Å². The first-order valence-electron chi connectivity index (χ1n) is 3.56. The standard InChI is InChI=1S/C5H12N2O2.ClH.H2O4S/c6-3-1-2-4(7)5(8)9;;1-5(2,3)4/h4H,1-3,6-7H2,(H,8,9);1H;(H2,1,2,3,4)/t4-;;/m0../s1. The van der Waals surface area contributed by atoms with Crippen LogP contribution in [0.2, 0.25) is 0 Å². The summed E-state index contributed by atoms with van der Waals surface area (Å²) in [7, 11) is -4.67. The van der Waals surface area contributed by atoms with E-state index in [2.05, 4.69) is 0 Å². The van der Waals surface area contributed by atoms with E-state index in [0.717, 1.165) is 0 Å². The van der Waals surface area contributed by atoms with Gasteiger partial charge in [-0.3, -0.25) is 13.9 Å². The summed E-state index contributed by atoms with van der Waals surface area (Å²) in [6, 6.07) is -0.742. The Balaban J connectivity index is -0.000000208. The molecule has 0 aromatic carbocycles. The quantitative estimate of drug-likeness (QED) is 0.400. The van der Waals surface area contributed by atoms with E-state index in [1.54, 1.807) is 0 Å². The highest BCUT2D eigenvalue weighted by molar-refractivity contribution is 7.79. The van der Waals surface area contributed by atoms with Crippen LogP contribution in [0.15, 0.2) is 0 Å². The number of rotatable bonds is 4. The molecular weight excluding hydrogens is 252 g/mol. The molecule has 10 heteroatoms. The van der Waals surface area contributed by atoms with Crippen molar-refractivity contribution in [3.8, 4) is 0 Å². The van der Waals surface area contributed by atoms with Crippen molar-refractivity contribution in [2.24, 2.45) is 11.5 Å². The molecule has 0 saturated carbocycles. The minimum absolute atomic E-state index is 0. The maximum atomic E-state index is 10.0. The van der Waals surface area contributed by atoms with Crippen molar-refractivity contribution < 1.29 is 27.4 Å². The third-order valence-electron chi connectivity index (χ3n) is 1.04. The Kier molecular flexibility index (Phi) is 13.5. The molecule has 0 radical (unpaired) electrons. The number of aliphatic carboxylic acids is 1. The molecule has 94 valence electrons. The first-order chi connectivity index (χ1) is 6.18. The van der Waals surface area contributed by atoms with Gasteiger partial charge in [-0.2, -0.15) is 8.42 Å². The van der Waals surface area contributed by atoms with Gasteiger partial charge in [0.1, 0.15) is 6.04 Å². The summed E-state index contributed by atoms with van der Waals surface area (Å²) < 4.78 is 31.6. The smallest absolute Gasteiger partial charge is 0.394 e. The van der Waals surface area contributed by atoms with Gasteiger partial charge in [0.2, 0.25) is 0 Å². The molecule has 0 spiro atoms. The van der Waals surface area contributed by atoms with Crippen molar-refractivity contribution in [1.29, 1.82) is 0 Å². The average Bonchev–Trinajstić information content (AvgIpc) is 1.96. The van der Waals surface area contributed by atoms with Crippen LogP contribution in [0.5, 0.6) is 0 Å². The van der Waals surface area contributed by atoms with E-state index >= 15 is 0 Å². The van der Waals surface area contributed by atoms with Gasteiger partial charge in [0, 0.05) is 0 Å². The lowest BCUT2D eigenvalue weighted by Gasteiger charge is -2.02. The molecule has 0 aliphatic heterocycles. The Morgan fingerprint density at radius 3 is 1.87 bits per heavy atom. The Morgan fingerprint density at radius 2 is 1.67 bits per heavy atom. The third-order valence-corrected chi connectivity index (χ3v) is 1.04. The molecule has 7 N–H and O–H groups in total. The summed E-state index contributed by atoms with van der Waals surface area (Å²) in [5, 5.41) is 8.24. The van der Waals surface area contributed by atoms with Crippen LogP contribution in [0.1, 0.15) is 12.8 Å². The van der Waals surface area contributed by atoms with Crippen LogP contribution in [0.25, 0.3) is 0 Å². The summed E-state index contributed by atoms with van der Waals surface area (Å²) in [6.45, 7) is 0.501. The van der Waals surface area contributed by atoms with E-state index in [1.165, 1.54) is 0 Å². The number of hydrogen-bond acceptors (Lipinski definition) is 5. The number of hydrogen-bond donors (Lipinski definition) is 5. The van der Waals surface area contributed by atoms with Crippen molar-refractivity contribution >= 4 is 28.8 Å². The maximum absolute atomic E-state index is 10.0. The molecule has 0 saturated heterocycles. The minimum atomic E-state index is -4.67. The monoisotopic (exact) mass is 266 g/mol. The molecular formula is C5H15ClN2O6S. The second-order valence-corrected chi connectivity index (χ2v) is 3.22. The normalized spacial score (nSPS) is 11.7. The summed E-state index contributed by atoms with van der Waals surface area (Å²) in [4.78, 5) is 10.0. The summed E-state index contributed by atoms with van der Waals surface area (Å²) in [5.41, 5.74) is 10.3. The highest BCUT2D eigenvalue weighted by Gasteiger charge is 2.08. The minimum Gasteiger partial charge on any atom is -0.480 e. The summed E-state index contributed by atoms with van der Waals surface area (Å²) in [5.74, 6) is -0.955. The fourth-order valence-electron chi connectivity index (χ4n) is 0.461. The topological polar surface area (TPSA) is 164 Å². The van der Waals surface area contributed by atoms with Gasteiger partial charge in [0.15, 0.2) is 0 Å². The molecule has 8 nitrogen and oxygen atoms in total. The Morgan fingerprint density at radius 1 is 1.33 bits per heavy atom. The van der Waals surface area contributed by atoms with Crippen LogP contribution in [-0.2, 0) is 15.2 Å². The molecule has 15 heavy (non-hydrogen) atoms. The predicted octanol–water partition coefficient (Wildman–Crippen LogP) is -1.09. The fourth-order valence-corrected chi connectivity index (χ4v) is 0.461. The fraction of sp³-hybridized carbons (Fsp3) is 0.800. The van der Waals surface area contributed by atoms with Gasteiger partial charge in [-0.15, -0.1) is 12.4 Å². The number of carbonyl (C=O) groups is 1. The lowest BCUT2D eigenvalue weighted by Crippen LogP contribution is -2.30. The van der Waals surface area contributed by atoms with Gasteiger partial charge in [-0.1, -0.05) is 0 Å². The Bertz CT molecular complexity index is 248. The van der Waals surface area contributed by atoms with Crippen LogP contribution in [0, 0.1) is 0 Å². The van der Waals surface area contributed by atoms with Crippen molar-refractivity contribution in [3.05, 3.63) is 0 Å². The van der Waals surface area contributed by atoms with Crippen molar-refractivity contribution in [2.45, 2.75) is 18.9 Å². The zero-order valence-electron chi connectivity index (χ0n) is 7.74. The van der Waals surface area contributed by atoms with Crippen molar-refractivity contribution in [3.63, 3.8) is 0 Å². The molecule has 0 fully saturated rings. The van der Waals surface area contributed by atoms with Crippen LogP contribution >= 0.6 is 12.4 Å². The lowest BCUT2D eigenvalue weighted by molar-refractivity contribution is -0.138. The van der Waals surface area contributed by atoms with E-state index in [1.807, 2.05) is 0 Å². The molecule has 0 aromatic rings. The lowest BCUT2D eigenvalue weighted by atomic mass is 10.2. The Hall–Kier alpha value is -0.450. The zero-order chi connectivity index (χ0) is 11.8. The van der Waals surface area contributed by atoms with Gasteiger partial charge in [-0.25, -0.2) is 0 Å². The molecule has 0 aromatic heterocycles. The summed E-state index contributed by atoms with van der Waals surface area (Å²) in [6.07, 6.45) is 1.14. The second-order valence-electron chi connectivity index (χ2n) is 2.32. The molecule has 0 heterocycles. The zero-order valence-corrected chi connectivity index (χ0v) is 9.37. The van der Waals surface area contributed by atoms with Crippen LogP contribution in [-0.4, -0.2) is 41.2 Å². The molecule has 0 aliphatic rings. The van der Waals surface area contributed by atoms with Gasteiger partial charge in [-0.05, 0) is 19.4 Å². The van der Waals surface area contributed by atoms with E-state index < -0.39 is 22.4 Å². The predicted molar refractivity (Wildman–Crippen MR) is 55.3 cm³/mol. The van der Waals surface area contributed by atoms with Gasteiger partial charge < -0.3 is 16.6 Å². The number of carboxylic acid groups (broad SMARTS) is 1. The Labute approximate surface area is 93.6 Å². The number of halogens is 1. The van der Waals surface area contributed by atoms with Crippen LogP contribution in [0.4, 0.5) is 0 Å². The van der Waals surface area contributed by atoms with Crippen molar-refractivity contribution in [1.82, 2.24) is 0 Å². The highest BCUT2D eigenvalue weighted by atomic mass is 35.5. The molecule has 1 atom stereocenters. The number of carboxylic acids is 1. The van der Waals surface area contributed by atoms with Crippen LogP contribution < -0.4 is 11.5 Å². The van der Waals surface area contributed by atoms with Gasteiger partial charge in [0.05, 0.1) is 0 Å². The molecule has 0 rings (SSSR count). The van der Waals surface area contributed by atoms with E-state index in [4.69, 9.17) is 34.1 Å². The first-order valence-corrected chi connectivity index (χ1v) is 4.96.